The van der Waals surface area contributed by atoms with E-state index in [9.17, 15) is 15.2 Å². The minimum Gasteiger partial charge on any atom is -0.504 e. The highest BCUT2D eigenvalue weighted by atomic mass is 16.6. The molecule has 7 heteroatoms. The average Bonchev–Trinajstić information content (AvgIpc) is 3.35. The Kier molecular flexibility index (Phi) is 5.73. The third kappa shape index (κ3) is 4.35. The number of phenolic OH excluding ortho intramolecular Hbond substituents is 1. The Balaban J connectivity index is 1.55. The molecule has 0 aliphatic heterocycles. The SMILES string of the molecule is COc1ccc(-c2nc(-c3ccccc3)c(-c3ccc(-c4ccc([N+](=O)[O-])cc4)cc3)[nH]2)cc1O. The van der Waals surface area contributed by atoms with Crippen molar-refractivity contribution in [1.82, 2.24) is 9.97 Å². The number of non-ortho nitro benzene ring substituents is 1. The van der Waals surface area contributed by atoms with E-state index in [4.69, 9.17) is 9.72 Å². The summed E-state index contributed by atoms with van der Waals surface area (Å²) in [6.07, 6.45) is 0. The van der Waals surface area contributed by atoms with E-state index in [1.807, 2.05) is 60.7 Å². The van der Waals surface area contributed by atoms with Gasteiger partial charge in [0.05, 0.1) is 23.4 Å². The van der Waals surface area contributed by atoms with Gasteiger partial charge in [-0.1, -0.05) is 54.6 Å². The molecule has 0 aliphatic carbocycles. The number of aromatic hydroxyl groups is 1. The maximum Gasteiger partial charge on any atom is 0.269 e. The van der Waals surface area contributed by atoms with E-state index >= 15 is 0 Å². The van der Waals surface area contributed by atoms with Gasteiger partial charge in [-0.2, -0.15) is 0 Å². The number of benzene rings is 4. The maximum absolute atomic E-state index is 10.9. The molecule has 0 fully saturated rings. The quantitative estimate of drug-likeness (QED) is 0.215. The maximum atomic E-state index is 10.9. The Bertz CT molecular complexity index is 1490. The van der Waals surface area contributed by atoms with Crippen LogP contribution >= 0.6 is 0 Å². The molecule has 0 amide bonds. The van der Waals surface area contributed by atoms with Crippen LogP contribution in [0.3, 0.4) is 0 Å². The van der Waals surface area contributed by atoms with Crippen LogP contribution in [0, 0.1) is 10.1 Å². The van der Waals surface area contributed by atoms with Crippen molar-refractivity contribution in [3.8, 4) is 56.5 Å². The number of rotatable bonds is 6. The van der Waals surface area contributed by atoms with Crippen LogP contribution in [0.4, 0.5) is 5.69 Å². The van der Waals surface area contributed by atoms with Crippen molar-refractivity contribution in [3.63, 3.8) is 0 Å². The third-order valence-corrected chi connectivity index (χ3v) is 5.79. The lowest BCUT2D eigenvalue weighted by atomic mass is 10.0. The van der Waals surface area contributed by atoms with E-state index in [1.54, 1.807) is 24.3 Å². The van der Waals surface area contributed by atoms with Crippen LogP contribution in [0.2, 0.25) is 0 Å². The second-order valence-electron chi connectivity index (χ2n) is 7.94. The lowest BCUT2D eigenvalue weighted by Crippen LogP contribution is -1.87. The fourth-order valence-corrected chi connectivity index (χ4v) is 3.97. The molecule has 0 radical (unpaired) electrons. The molecule has 0 unspecified atom stereocenters. The monoisotopic (exact) mass is 463 g/mol. The predicted octanol–water partition coefficient (Wildman–Crippen LogP) is 6.70. The van der Waals surface area contributed by atoms with Gasteiger partial charge in [0.2, 0.25) is 0 Å². The van der Waals surface area contributed by atoms with Gasteiger partial charge in [0, 0.05) is 28.8 Å². The predicted molar refractivity (Wildman–Crippen MR) is 135 cm³/mol. The van der Waals surface area contributed by atoms with E-state index in [2.05, 4.69) is 4.98 Å². The van der Waals surface area contributed by atoms with Crippen molar-refractivity contribution in [1.29, 1.82) is 0 Å². The number of H-pyrrole nitrogens is 1. The van der Waals surface area contributed by atoms with Crippen LogP contribution in [0.15, 0.2) is 97.1 Å². The van der Waals surface area contributed by atoms with Crippen molar-refractivity contribution in [2.45, 2.75) is 0 Å². The van der Waals surface area contributed by atoms with Crippen molar-refractivity contribution in [2.24, 2.45) is 0 Å². The second kappa shape index (κ2) is 9.15. The lowest BCUT2D eigenvalue weighted by molar-refractivity contribution is -0.384. The highest BCUT2D eigenvalue weighted by Gasteiger charge is 2.16. The molecule has 0 bridgehead atoms. The van der Waals surface area contributed by atoms with Crippen LogP contribution in [0.5, 0.6) is 11.5 Å². The number of aromatic amines is 1. The van der Waals surface area contributed by atoms with Crippen LogP contribution in [-0.4, -0.2) is 27.1 Å². The molecule has 0 spiro atoms. The van der Waals surface area contributed by atoms with E-state index in [1.165, 1.54) is 19.2 Å². The highest BCUT2D eigenvalue weighted by molar-refractivity contribution is 5.82. The number of phenols is 1. The summed E-state index contributed by atoms with van der Waals surface area (Å²) < 4.78 is 5.16. The molecule has 0 aliphatic rings. The summed E-state index contributed by atoms with van der Waals surface area (Å²) in [5.41, 5.74) is 6.17. The van der Waals surface area contributed by atoms with Gasteiger partial charge in [-0.25, -0.2) is 4.98 Å². The van der Waals surface area contributed by atoms with Gasteiger partial charge in [0.1, 0.15) is 5.82 Å². The molecule has 1 heterocycles. The number of methoxy groups -OCH3 is 1. The van der Waals surface area contributed by atoms with Crippen molar-refractivity contribution in [2.75, 3.05) is 7.11 Å². The van der Waals surface area contributed by atoms with Crippen LogP contribution in [0.1, 0.15) is 0 Å². The minimum absolute atomic E-state index is 0.0386. The molecule has 172 valence electrons. The molecule has 0 saturated heterocycles. The Labute approximate surface area is 201 Å². The summed E-state index contributed by atoms with van der Waals surface area (Å²) in [5, 5.41) is 21.2. The molecule has 1 aromatic heterocycles. The van der Waals surface area contributed by atoms with Gasteiger partial charge in [-0.15, -0.1) is 0 Å². The number of nitrogens with zero attached hydrogens (tertiary/aromatic N) is 2. The Morgan fingerprint density at radius 1 is 0.800 bits per heavy atom. The van der Waals surface area contributed by atoms with Crippen molar-refractivity contribution >= 4 is 5.69 Å². The molecule has 0 atom stereocenters. The first kappa shape index (κ1) is 21.9. The summed E-state index contributed by atoms with van der Waals surface area (Å²) in [4.78, 5) is 18.8. The van der Waals surface area contributed by atoms with Crippen LogP contribution in [-0.2, 0) is 0 Å². The van der Waals surface area contributed by atoms with Gasteiger partial charge in [0.15, 0.2) is 11.5 Å². The molecule has 5 aromatic rings. The summed E-state index contributed by atoms with van der Waals surface area (Å²) >= 11 is 0. The Morgan fingerprint density at radius 3 is 2.00 bits per heavy atom. The zero-order valence-corrected chi connectivity index (χ0v) is 18.8. The molecule has 2 N–H and O–H groups in total. The van der Waals surface area contributed by atoms with Crippen LogP contribution in [0.25, 0.3) is 45.0 Å². The number of nitrogens with one attached hydrogen (secondary N) is 1. The average molecular weight is 463 g/mol. The Morgan fingerprint density at radius 2 is 1.40 bits per heavy atom. The first-order valence-electron chi connectivity index (χ1n) is 10.9. The smallest absolute Gasteiger partial charge is 0.269 e. The fraction of sp³-hybridized carbons (Fsp3) is 0.0357. The molecule has 4 aromatic carbocycles. The van der Waals surface area contributed by atoms with Gasteiger partial charge in [0.25, 0.3) is 5.69 Å². The molecular weight excluding hydrogens is 442 g/mol. The van der Waals surface area contributed by atoms with Gasteiger partial charge in [-0.3, -0.25) is 10.1 Å². The molecule has 7 nitrogen and oxygen atoms in total. The molecule has 0 saturated carbocycles. The number of nitro groups is 1. The van der Waals surface area contributed by atoms with E-state index in [-0.39, 0.29) is 11.4 Å². The summed E-state index contributed by atoms with van der Waals surface area (Å²) in [6, 6.07) is 29.5. The number of imidazole rings is 1. The minimum atomic E-state index is -0.406. The normalized spacial score (nSPS) is 10.8. The molecular formula is C28H21N3O4. The van der Waals surface area contributed by atoms with Gasteiger partial charge < -0.3 is 14.8 Å². The number of hydrogen-bond donors (Lipinski definition) is 2. The highest BCUT2D eigenvalue weighted by Crippen LogP contribution is 2.36. The largest absolute Gasteiger partial charge is 0.504 e. The lowest BCUT2D eigenvalue weighted by Gasteiger charge is -2.06. The van der Waals surface area contributed by atoms with Crippen molar-refractivity contribution in [3.05, 3.63) is 107 Å². The van der Waals surface area contributed by atoms with Gasteiger partial charge in [-0.05, 0) is 41.5 Å². The van der Waals surface area contributed by atoms with E-state index in [0.29, 0.717) is 11.6 Å². The summed E-state index contributed by atoms with van der Waals surface area (Å²) in [6.45, 7) is 0. The number of ether oxygens (including phenoxy) is 1. The first-order valence-corrected chi connectivity index (χ1v) is 10.9. The standard InChI is InChI=1S/C28H21N3O4/c1-35-25-16-13-22(17-24(25)32)28-29-26(20-5-3-2-4-6-20)27(30-28)21-9-7-18(8-10-21)19-11-14-23(15-12-19)31(33)34/h2-17,32H,1H3,(H,29,30). The van der Waals surface area contributed by atoms with E-state index in [0.717, 1.165) is 39.2 Å². The number of nitro benzene ring substituents is 1. The van der Waals surface area contributed by atoms with Crippen LogP contribution < -0.4 is 4.74 Å². The number of hydrogen-bond acceptors (Lipinski definition) is 5. The third-order valence-electron chi connectivity index (χ3n) is 5.79. The summed E-state index contributed by atoms with van der Waals surface area (Å²) in [7, 11) is 1.51. The fourth-order valence-electron chi connectivity index (χ4n) is 3.97. The zero-order chi connectivity index (χ0) is 24.4. The van der Waals surface area contributed by atoms with E-state index < -0.39 is 4.92 Å². The van der Waals surface area contributed by atoms with Crippen molar-refractivity contribution < 1.29 is 14.8 Å². The first-order chi connectivity index (χ1) is 17.0. The Hall–Kier alpha value is -4.91. The zero-order valence-electron chi connectivity index (χ0n) is 18.8. The second-order valence-corrected chi connectivity index (χ2v) is 7.94. The topological polar surface area (TPSA) is 101 Å². The summed E-state index contributed by atoms with van der Waals surface area (Å²) in [5.74, 6) is 1.05. The molecule has 35 heavy (non-hydrogen) atoms. The van der Waals surface area contributed by atoms with Gasteiger partial charge >= 0.3 is 0 Å². The molecule has 5 rings (SSSR count). The number of aromatic nitrogens is 2.